The van der Waals surface area contributed by atoms with Crippen molar-refractivity contribution in [2.75, 3.05) is 12.3 Å². The maximum atomic E-state index is 12.3. The van der Waals surface area contributed by atoms with Crippen molar-refractivity contribution < 1.29 is 9.90 Å². The highest BCUT2D eigenvalue weighted by Gasteiger charge is 2.15. The second-order valence-corrected chi connectivity index (χ2v) is 5.12. The van der Waals surface area contributed by atoms with E-state index in [9.17, 15) is 9.90 Å². The van der Waals surface area contributed by atoms with Crippen LogP contribution in [0, 0.1) is 6.92 Å². The molecule has 0 heterocycles. The van der Waals surface area contributed by atoms with Crippen molar-refractivity contribution in [3.63, 3.8) is 0 Å². The fourth-order valence-corrected chi connectivity index (χ4v) is 2.21. The summed E-state index contributed by atoms with van der Waals surface area (Å²) < 4.78 is 0. The topological polar surface area (TPSA) is 75.4 Å². The van der Waals surface area contributed by atoms with Gasteiger partial charge in [-0.3, -0.25) is 4.79 Å². The summed E-state index contributed by atoms with van der Waals surface area (Å²) >= 11 is 0. The van der Waals surface area contributed by atoms with Crippen molar-refractivity contribution in [3.05, 3.63) is 65.2 Å². The lowest BCUT2D eigenvalue weighted by atomic mass is 10.0. The predicted molar refractivity (Wildman–Crippen MR) is 84.1 cm³/mol. The number of hydrogen-bond acceptors (Lipinski definition) is 3. The summed E-state index contributed by atoms with van der Waals surface area (Å²) in [6.45, 7) is 1.75. The van der Waals surface area contributed by atoms with E-state index in [0.717, 1.165) is 11.1 Å². The van der Waals surface area contributed by atoms with Crippen LogP contribution >= 0.6 is 0 Å². The van der Waals surface area contributed by atoms with E-state index in [1.807, 2.05) is 43.3 Å². The summed E-state index contributed by atoms with van der Waals surface area (Å²) in [5.41, 5.74) is 8.75. The zero-order chi connectivity index (χ0) is 15.2. The number of carbonyl (C=O) groups excluding carboxylic acids is 1. The van der Waals surface area contributed by atoms with Gasteiger partial charge in [-0.2, -0.15) is 0 Å². The standard InChI is InChI=1S/C17H20N2O2/c1-12-7-8-14(18)10-16(12)17(21)19-15(11-20)9-13-5-3-2-4-6-13/h2-8,10,15,20H,9,11,18H2,1H3,(H,19,21)/t15-/m1/s1. The molecule has 0 unspecified atom stereocenters. The summed E-state index contributed by atoms with van der Waals surface area (Å²) in [6.07, 6.45) is 0.588. The van der Waals surface area contributed by atoms with Crippen molar-refractivity contribution in [3.8, 4) is 0 Å². The number of nitrogen functional groups attached to an aromatic ring is 1. The van der Waals surface area contributed by atoms with Gasteiger partial charge in [-0.05, 0) is 36.6 Å². The van der Waals surface area contributed by atoms with Crippen LogP contribution in [0.1, 0.15) is 21.5 Å². The van der Waals surface area contributed by atoms with Crippen LogP contribution in [0.2, 0.25) is 0 Å². The highest BCUT2D eigenvalue weighted by atomic mass is 16.3. The minimum absolute atomic E-state index is 0.109. The summed E-state index contributed by atoms with van der Waals surface area (Å²) in [5.74, 6) is -0.213. The number of benzene rings is 2. The molecule has 0 aromatic heterocycles. The van der Waals surface area contributed by atoms with Gasteiger partial charge < -0.3 is 16.2 Å². The first kappa shape index (κ1) is 15.1. The third kappa shape index (κ3) is 4.07. The van der Waals surface area contributed by atoms with Gasteiger partial charge in [0.1, 0.15) is 0 Å². The quantitative estimate of drug-likeness (QED) is 0.734. The molecule has 0 bridgehead atoms. The van der Waals surface area contributed by atoms with Crippen molar-refractivity contribution in [2.24, 2.45) is 0 Å². The molecule has 0 saturated carbocycles. The van der Waals surface area contributed by atoms with Crippen molar-refractivity contribution in [1.82, 2.24) is 5.32 Å². The Bertz CT molecular complexity index is 611. The summed E-state index contributed by atoms with van der Waals surface area (Å²) in [6, 6.07) is 14.7. The second-order valence-electron chi connectivity index (χ2n) is 5.12. The second kappa shape index (κ2) is 6.90. The monoisotopic (exact) mass is 284 g/mol. The van der Waals surface area contributed by atoms with E-state index < -0.39 is 0 Å². The Morgan fingerprint density at radius 2 is 1.95 bits per heavy atom. The largest absolute Gasteiger partial charge is 0.399 e. The zero-order valence-corrected chi connectivity index (χ0v) is 12.0. The number of nitrogens with two attached hydrogens (primary N) is 1. The molecule has 1 amide bonds. The van der Waals surface area contributed by atoms with Gasteiger partial charge >= 0.3 is 0 Å². The summed E-state index contributed by atoms with van der Waals surface area (Å²) in [5, 5.41) is 12.3. The Balaban J connectivity index is 2.07. The fraction of sp³-hybridized carbons (Fsp3) is 0.235. The van der Waals surface area contributed by atoms with Gasteiger partial charge in [-0.15, -0.1) is 0 Å². The molecule has 4 heteroatoms. The summed E-state index contributed by atoms with van der Waals surface area (Å²) in [7, 11) is 0. The van der Waals surface area contributed by atoms with Crippen LogP contribution in [0.3, 0.4) is 0 Å². The molecule has 1 atom stereocenters. The molecule has 0 fully saturated rings. The number of anilines is 1. The fourth-order valence-electron chi connectivity index (χ4n) is 2.21. The van der Waals surface area contributed by atoms with Gasteiger partial charge in [0.15, 0.2) is 0 Å². The number of rotatable bonds is 5. The minimum Gasteiger partial charge on any atom is -0.399 e. The van der Waals surface area contributed by atoms with Gasteiger partial charge in [-0.1, -0.05) is 36.4 Å². The van der Waals surface area contributed by atoms with E-state index in [-0.39, 0.29) is 18.6 Å². The number of carbonyl (C=O) groups is 1. The molecule has 4 nitrogen and oxygen atoms in total. The third-order valence-corrected chi connectivity index (χ3v) is 3.39. The SMILES string of the molecule is Cc1ccc(N)cc1C(=O)N[C@@H](CO)Cc1ccccc1. The first-order valence-electron chi connectivity index (χ1n) is 6.92. The number of aryl methyl sites for hydroxylation is 1. The normalized spacial score (nSPS) is 11.9. The molecular formula is C17H20N2O2. The maximum Gasteiger partial charge on any atom is 0.251 e. The van der Waals surface area contributed by atoms with Crippen LogP contribution in [0.25, 0.3) is 0 Å². The predicted octanol–water partition coefficient (Wildman–Crippen LogP) is 1.91. The molecule has 2 rings (SSSR count). The van der Waals surface area contributed by atoms with Crippen molar-refractivity contribution >= 4 is 11.6 Å². The molecule has 0 aliphatic heterocycles. The van der Waals surface area contributed by atoms with Crippen LogP contribution in [0.4, 0.5) is 5.69 Å². The van der Waals surface area contributed by atoms with Gasteiger partial charge in [0, 0.05) is 11.3 Å². The van der Waals surface area contributed by atoms with E-state index in [1.54, 1.807) is 12.1 Å². The van der Waals surface area contributed by atoms with E-state index in [0.29, 0.717) is 17.7 Å². The van der Waals surface area contributed by atoms with Crippen molar-refractivity contribution in [2.45, 2.75) is 19.4 Å². The molecule has 2 aromatic carbocycles. The molecule has 4 N–H and O–H groups in total. The first-order valence-corrected chi connectivity index (χ1v) is 6.92. The summed E-state index contributed by atoms with van der Waals surface area (Å²) in [4.78, 5) is 12.3. The Hall–Kier alpha value is -2.33. The Morgan fingerprint density at radius 3 is 2.62 bits per heavy atom. The Morgan fingerprint density at radius 1 is 1.24 bits per heavy atom. The smallest absolute Gasteiger partial charge is 0.251 e. The van der Waals surface area contributed by atoms with E-state index in [1.165, 1.54) is 0 Å². The first-order chi connectivity index (χ1) is 10.1. The van der Waals surface area contributed by atoms with Crippen molar-refractivity contribution in [1.29, 1.82) is 0 Å². The van der Waals surface area contributed by atoms with Gasteiger partial charge in [0.2, 0.25) is 0 Å². The minimum atomic E-state index is -0.319. The van der Waals surface area contributed by atoms with Crippen LogP contribution in [-0.4, -0.2) is 23.7 Å². The van der Waals surface area contributed by atoms with Crippen LogP contribution in [0.15, 0.2) is 48.5 Å². The van der Waals surface area contributed by atoms with Crippen LogP contribution in [-0.2, 0) is 6.42 Å². The maximum absolute atomic E-state index is 12.3. The van der Waals surface area contributed by atoms with E-state index in [4.69, 9.17) is 5.73 Å². The molecular weight excluding hydrogens is 264 g/mol. The van der Waals surface area contributed by atoms with Gasteiger partial charge in [-0.25, -0.2) is 0 Å². The van der Waals surface area contributed by atoms with Gasteiger partial charge in [0.25, 0.3) is 5.91 Å². The lowest BCUT2D eigenvalue weighted by Crippen LogP contribution is -2.39. The number of amides is 1. The molecule has 0 radical (unpaired) electrons. The molecule has 0 saturated heterocycles. The average molecular weight is 284 g/mol. The average Bonchev–Trinajstić information content (AvgIpc) is 2.50. The van der Waals surface area contributed by atoms with E-state index in [2.05, 4.69) is 5.32 Å². The third-order valence-electron chi connectivity index (χ3n) is 3.39. The lowest BCUT2D eigenvalue weighted by Gasteiger charge is -2.17. The Kier molecular flexibility index (Phi) is 4.95. The van der Waals surface area contributed by atoms with Crippen LogP contribution < -0.4 is 11.1 Å². The number of aliphatic hydroxyl groups is 1. The number of hydrogen-bond donors (Lipinski definition) is 3. The zero-order valence-electron chi connectivity index (χ0n) is 12.0. The van der Waals surface area contributed by atoms with Gasteiger partial charge in [0.05, 0.1) is 12.6 Å². The molecule has 21 heavy (non-hydrogen) atoms. The lowest BCUT2D eigenvalue weighted by molar-refractivity contribution is 0.0916. The molecule has 0 aliphatic rings. The molecule has 0 spiro atoms. The highest BCUT2D eigenvalue weighted by molar-refractivity contribution is 5.96. The molecule has 2 aromatic rings. The highest BCUT2D eigenvalue weighted by Crippen LogP contribution is 2.13. The molecule has 110 valence electrons. The number of nitrogens with one attached hydrogen (secondary N) is 1. The van der Waals surface area contributed by atoms with Crippen LogP contribution in [0.5, 0.6) is 0 Å². The Labute approximate surface area is 124 Å². The number of aliphatic hydroxyl groups excluding tert-OH is 1. The molecule has 0 aliphatic carbocycles. The van der Waals surface area contributed by atoms with E-state index >= 15 is 0 Å².